The fraction of sp³-hybridized carbons (Fsp3) is 0.600. The molecule has 1 aromatic carbocycles. The van der Waals surface area contributed by atoms with E-state index in [2.05, 4.69) is 32.2 Å². The maximum absolute atomic E-state index is 6.09. The molecule has 2 nitrogen and oxygen atoms in total. The van der Waals surface area contributed by atoms with Crippen molar-refractivity contribution < 1.29 is 4.74 Å². The van der Waals surface area contributed by atoms with Gasteiger partial charge in [0.15, 0.2) is 0 Å². The fourth-order valence-electron chi connectivity index (χ4n) is 2.30. The van der Waals surface area contributed by atoms with Gasteiger partial charge in [0.25, 0.3) is 0 Å². The van der Waals surface area contributed by atoms with Crippen LogP contribution in [0.2, 0.25) is 5.02 Å². The minimum Gasteiger partial charge on any atom is -0.374 e. The molecule has 0 heterocycles. The monoisotopic (exact) mass is 269 g/mol. The Labute approximate surface area is 116 Å². The molecule has 102 valence electrons. The van der Waals surface area contributed by atoms with Crippen LogP contribution in [0.4, 0.5) is 0 Å². The van der Waals surface area contributed by atoms with Crippen molar-refractivity contribution in [2.75, 3.05) is 13.2 Å². The molecule has 0 spiro atoms. The van der Waals surface area contributed by atoms with E-state index in [4.69, 9.17) is 16.3 Å². The molecule has 18 heavy (non-hydrogen) atoms. The second-order valence-corrected chi connectivity index (χ2v) is 5.08. The van der Waals surface area contributed by atoms with Crippen molar-refractivity contribution in [3.63, 3.8) is 0 Å². The number of hydrogen-bond donors (Lipinski definition) is 1. The van der Waals surface area contributed by atoms with Crippen molar-refractivity contribution in [3.05, 3.63) is 34.9 Å². The first kappa shape index (κ1) is 15.5. The molecule has 0 aliphatic heterocycles. The summed E-state index contributed by atoms with van der Waals surface area (Å²) in [6.45, 7) is 10.1. The van der Waals surface area contributed by atoms with Crippen molar-refractivity contribution >= 4 is 11.6 Å². The van der Waals surface area contributed by atoms with Gasteiger partial charge in [-0.05, 0) is 44.5 Å². The highest BCUT2D eigenvalue weighted by molar-refractivity contribution is 6.30. The van der Waals surface area contributed by atoms with Gasteiger partial charge >= 0.3 is 0 Å². The van der Waals surface area contributed by atoms with Crippen LogP contribution in [-0.2, 0) is 4.74 Å². The van der Waals surface area contributed by atoms with E-state index in [0.29, 0.717) is 6.61 Å². The van der Waals surface area contributed by atoms with E-state index >= 15 is 0 Å². The highest BCUT2D eigenvalue weighted by Crippen LogP contribution is 2.33. The molecule has 2 atom stereocenters. The number of likely N-dealkylation sites (N-methyl/N-ethyl adjacent to an activating group) is 1. The van der Waals surface area contributed by atoms with Crippen molar-refractivity contribution in [1.82, 2.24) is 5.32 Å². The SMILES string of the molecule is CCNC(c1cccc(Cl)c1)C(C)(CC)OCC. The van der Waals surface area contributed by atoms with Crippen LogP contribution in [0.1, 0.15) is 45.7 Å². The first-order valence-corrected chi connectivity index (χ1v) is 7.08. The Balaban J connectivity index is 3.07. The standard InChI is InChI=1S/C15H24ClNO/c1-5-15(4,18-7-3)14(17-6-2)12-9-8-10-13(16)11-12/h8-11,14,17H,5-7H2,1-4H3. The second-order valence-electron chi connectivity index (χ2n) is 4.64. The van der Waals surface area contributed by atoms with Gasteiger partial charge in [-0.2, -0.15) is 0 Å². The Bertz CT molecular complexity index is 369. The zero-order valence-corrected chi connectivity index (χ0v) is 12.6. The van der Waals surface area contributed by atoms with Gasteiger partial charge in [-0.15, -0.1) is 0 Å². The molecule has 1 rings (SSSR count). The van der Waals surface area contributed by atoms with E-state index in [1.54, 1.807) is 0 Å². The van der Waals surface area contributed by atoms with Crippen molar-refractivity contribution in [3.8, 4) is 0 Å². The number of rotatable bonds is 7. The Kier molecular flexibility index (Phi) is 6.13. The summed E-state index contributed by atoms with van der Waals surface area (Å²) in [5.74, 6) is 0. The van der Waals surface area contributed by atoms with Gasteiger partial charge in [0.2, 0.25) is 0 Å². The van der Waals surface area contributed by atoms with Gasteiger partial charge in [0.1, 0.15) is 0 Å². The van der Waals surface area contributed by atoms with Crippen LogP contribution in [0.25, 0.3) is 0 Å². The molecule has 3 heteroatoms. The summed E-state index contributed by atoms with van der Waals surface area (Å²) in [6.07, 6.45) is 0.949. The summed E-state index contributed by atoms with van der Waals surface area (Å²) in [5, 5.41) is 4.29. The largest absolute Gasteiger partial charge is 0.374 e. The number of halogens is 1. The molecule has 0 bridgehead atoms. The Morgan fingerprint density at radius 2 is 2.06 bits per heavy atom. The number of hydrogen-bond acceptors (Lipinski definition) is 2. The molecule has 0 fully saturated rings. The molecule has 2 unspecified atom stereocenters. The first-order chi connectivity index (χ1) is 8.57. The zero-order valence-electron chi connectivity index (χ0n) is 11.8. The number of nitrogens with one attached hydrogen (secondary N) is 1. The van der Waals surface area contributed by atoms with Gasteiger partial charge in [-0.25, -0.2) is 0 Å². The van der Waals surface area contributed by atoms with E-state index in [9.17, 15) is 0 Å². The van der Waals surface area contributed by atoms with Gasteiger partial charge in [-0.3, -0.25) is 0 Å². The molecule has 0 aliphatic rings. The van der Waals surface area contributed by atoms with Crippen LogP contribution in [-0.4, -0.2) is 18.8 Å². The lowest BCUT2D eigenvalue weighted by Gasteiger charge is -2.37. The smallest absolute Gasteiger partial charge is 0.0845 e. The van der Waals surface area contributed by atoms with Crippen LogP contribution >= 0.6 is 11.6 Å². The molecule has 0 saturated heterocycles. The minimum atomic E-state index is -0.213. The van der Waals surface area contributed by atoms with Gasteiger partial charge in [-0.1, -0.05) is 37.6 Å². The predicted molar refractivity (Wildman–Crippen MR) is 78.2 cm³/mol. The first-order valence-electron chi connectivity index (χ1n) is 6.70. The van der Waals surface area contributed by atoms with Crippen LogP contribution in [0.3, 0.4) is 0 Å². The molecule has 0 aromatic heterocycles. The van der Waals surface area contributed by atoms with E-state index in [1.807, 2.05) is 25.1 Å². The minimum absolute atomic E-state index is 0.158. The topological polar surface area (TPSA) is 21.3 Å². The van der Waals surface area contributed by atoms with Crippen molar-refractivity contribution in [1.29, 1.82) is 0 Å². The second kappa shape index (κ2) is 7.13. The van der Waals surface area contributed by atoms with E-state index in [0.717, 1.165) is 18.0 Å². The maximum atomic E-state index is 6.09. The fourth-order valence-corrected chi connectivity index (χ4v) is 2.49. The number of benzene rings is 1. The molecule has 0 aliphatic carbocycles. The zero-order chi connectivity index (χ0) is 13.6. The van der Waals surface area contributed by atoms with Crippen molar-refractivity contribution in [2.45, 2.75) is 45.8 Å². The van der Waals surface area contributed by atoms with Crippen LogP contribution in [0.5, 0.6) is 0 Å². The Hall–Kier alpha value is -0.570. The number of ether oxygens (including phenoxy) is 1. The molecule has 0 radical (unpaired) electrons. The molecule has 0 saturated carbocycles. The lowest BCUT2D eigenvalue weighted by atomic mass is 9.87. The quantitative estimate of drug-likeness (QED) is 0.801. The third kappa shape index (κ3) is 3.71. The Morgan fingerprint density at radius 3 is 2.56 bits per heavy atom. The van der Waals surface area contributed by atoms with E-state index in [1.165, 1.54) is 5.56 Å². The average molecular weight is 270 g/mol. The van der Waals surface area contributed by atoms with Crippen LogP contribution in [0.15, 0.2) is 24.3 Å². The summed E-state index contributed by atoms with van der Waals surface area (Å²) < 4.78 is 5.98. The molecule has 0 amide bonds. The summed E-state index contributed by atoms with van der Waals surface area (Å²) in [4.78, 5) is 0. The third-order valence-electron chi connectivity index (χ3n) is 3.38. The molecule has 1 aromatic rings. The third-order valence-corrected chi connectivity index (χ3v) is 3.61. The van der Waals surface area contributed by atoms with Crippen LogP contribution in [0, 0.1) is 0 Å². The Morgan fingerprint density at radius 1 is 1.33 bits per heavy atom. The highest BCUT2D eigenvalue weighted by atomic mass is 35.5. The predicted octanol–water partition coefficient (Wildman–Crippen LogP) is 4.20. The summed E-state index contributed by atoms with van der Waals surface area (Å²) in [6, 6.07) is 8.17. The molecule has 1 N–H and O–H groups in total. The lowest BCUT2D eigenvalue weighted by Crippen LogP contribution is -2.43. The average Bonchev–Trinajstić information content (AvgIpc) is 2.36. The summed E-state index contributed by atoms with van der Waals surface area (Å²) in [5.41, 5.74) is 0.970. The summed E-state index contributed by atoms with van der Waals surface area (Å²) >= 11 is 6.09. The van der Waals surface area contributed by atoms with Gasteiger partial charge in [0, 0.05) is 11.6 Å². The normalized spacial score (nSPS) is 16.3. The van der Waals surface area contributed by atoms with Gasteiger partial charge < -0.3 is 10.1 Å². The van der Waals surface area contributed by atoms with Crippen LogP contribution < -0.4 is 5.32 Å². The van der Waals surface area contributed by atoms with Gasteiger partial charge in [0.05, 0.1) is 11.6 Å². The molecular weight excluding hydrogens is 246 g/mol. The van der Waals surface area contributed by atoms with E-state index < -0.39 is 0 Å². The highest BCUT2D eigenvalue weighted by Gasteiger charge is 2.33. The summed E-state index contributed by atoms with van der Waals surface area (Å²) in [7, 11) is 0. The van der Waals surface area contributed by atoms with Crippen molar-refractivity contribution in [2.24, 2.45) is 0 Å². The lowest BCUT2D eigenvalue weighted by molar-refractivity contribution is -0.0560. The molecular formula is C15H24ClNO. The maximum Gasteiger partial charge on any atom is 0.0845 e. The van der Waals surface area contributed by atoms with E-state index in [-0.39, 0.29) is 11.6 Å².